The number of hydrogen-bond acceptors (Lipinski definition) is 6. The van der Waals surface area contributed by atoms with Gasteiger partial charge in [-0.05, 0) is 24.6 Å². The van der Waals surface area contributed by atoms with Crippen molar-refractivity contribution < 1.29 is 0 Å². The van der Waals surface area contributed by atoms with Crippen LogP contribution in [-0.2, 0) is 12.8 Å². The molecule has 0 atom stereocenters. The Balaban J connectivity index is 1.97. The first-order valence-electron chi connectivity index (χ1n) is 7.59. The van der Waals surface area contributed by atoms with Crippen LogP contribution >= 0.6 is 11.6 Å². The van der Waals surface area contributed by atoms with Crippen molar-refractivity contribution in [1.82, 2.24) is 24.7 Å². The third-order valence-electron chi connectivity index (χ3n) is 3.53. The predicted molar refractivity (Wildman–Crippen MR) is 90.0 cm³/mol. The molecule has 8 heteroatoms. The van der Waals surface area contributed by atoms with Gasteiger partial charge >= 0.3 is 0 Å². The van der Waals surface area contributed by atoms with E-state index in [2.05, 4.69) is 32.1 Å². The van der Waals surface area contributed by atoms with Gasteiger partial charge in [-0.25, -0.2) is 20.2 Å². The van der Waals surface area contributed by atoms with Gasteiger partial charge in [-0.1, -0.05) is 24.9 Å². The minimum absolute atomic E-state index is 0.323. The molecule has 3 rings (SSSR count). The molecule has 0 bridgehead atoms. The van der Waals surface area contributed by atoms with Crippen LogP contribution in [0.4, 0.5) is 5.82 Å². The molecule has 0 radical (unpaired) electrons. The van der Waals surface area contributed by atoms with E-state index in [4.69, 9.17) is 17.1 Å². The van der Waals surface area contributed by atoms with Crippen LogP contribution in [0.15, 0.2) is 41.9 Å². The minimum Gasteiger partial charge on any atom is -0.255 e. The highest BCUT2D eigenvalue weighted by molar-refractivity contribution is 6.32. The Kier molecular flexibility index (Phi) is 4.90. The second-order valence-corrected chi connectivity index (χ2v) is 5.61. The first-order valence-corrected chi connectivity index (χ1v) is 7.96. The Morgan fingerprint density at radius 1 is 1.21 bits per heavy atom. The Bertz CT molecular complexity index is 859. The van der Waals surface area contributed by atoms with E-state index >= 15 is 0 Å². The summed E-state index contributed by atoms with van der Waals surface area (Å²) >= 11 is 6.23. The van der Waals surface area contributed by atoms with E-state index in [-0.39, 0.29) is 0 Å². The van der Waals surface area contributed by atoms with Crippen molar-refractivity contribution in [3.63, 3.8) is 0 Å². The van der Waals surface area contributed by atoms with Gasteiger partial charge in [0.2, 0.25) is 0 Å². The summed E-state index contributed by atoms with van der Waals surface area (Å²) in [6, 6.07) is 5.47. The second-order valence-electron chi connectivity index (χ2n) is 5.20. The number of nitrogens with zero attached hydrogens (tertiary/aromatic N) is 6. The first kappa shape index (κ1) is 16.2. The number of aryl methyl sites for hydroxylation is 1. The van der Waals surface area contributed by atoms with Gasteiger partial charge in [-0.2, -0.15) is 5.10 Å². The maximum atomic E-state index is 7.09. The number of hydrogen-bond donors (Lipinski definition) is 1. The molecule has 122 valence electrons. The quantitative estimate of drug-likeness (QED) is 0.688. The van der Waals surface area contributed by atoms with Crippen LogP contribution in [0.5, 0.6) is 0 Å². The summed E-state index contributed by atoms with van der Waals surface area (Å²) in [5, 5.41) is 8.22. The smallest absolute Gasteiger partial charge is 0.192 e. The number of aromatic nitrogens is 5. The van der Waals surface area contributed by atoms with Crippen molar-refractivity contribution in [1.29, 1.82) is 5.53 Å². The third-order valence-corrected chi connectivity index (χ3v) is 3.82. The monoisotopic (exact) mass is 341 g/mol. The summed E-state index contributed by atoms with van der Waals surface area (Å²) in [5.41, 5.74) is 9.71. The van der Waals surface area contributed by atoms with E-state index < -0.39 is 0 Å². The molecule has 1 N–H and O–H groups in total. The molecule has 0 aliphatic rings. The van der Waals surface area contributed by atoms with Crippen LogP contribution in [0.1, 0.15) is 30.4 Å². The highest BCUT2D eigenvalue weighted by Gasteiger charge is 2.14. The fourth-order valence-corrected chi connectivity index (χ4v) is 2.64. The maximum absolute atomic E-state index is 7.09. The fourth-order valence-electron chi connectivity index (χ4n) is 2.44. The molecule has 0 saturated heterocycles. The zero-order chi connectivity index (χ0) is 16.9. The molecular formula is C16H16ClN7. The average Bonchev–Trinajstić information content (AvgIpc) is 3.05. The molecule has 0 saturated carbocycles. The first-order chi connectivity index (χ1) is 11.7. The molecule has 0 aromatic carbocycles. The van der Waals surface area contributed by atoms with E-state index in [0.717, 1.165) is 29.9 Å². The molecule has 3 heterocycles. The zero-order valence-electron chi connectivity index (χ0n) is 13.1. The summed E-state index contributed by atoms with van der Waals surface area (Å²) in [6.07, 6.45) is 7.17. The summed E-state index contributed by atoms with van der Waals surface area (Å²) in [4.78, 5) is 13.1. The largest absolute Gasteiger partial charge is 0.255 e. The van der Waals surface area contributed by atoms with Crippen molar-refractivity contribution >= 4 is 17.4 Å². The maximum Gasteiger partial charge on any atom is 0.192 e. The van der Waals surface area contributed by atoms with Gasteiger partial charge < -0.3 is 0 Å². The van der Waals surface area contributed by atoms with Crippen molar-refractivity contribution in [2.24, 2.45) is 5.11 Å². The molecule has 0 fully saturated rings. The van der Waals surface area contributed by atoms with E-state index in [1.165, 1.54) is 6.20 Å². The molecule has 0 spiro atoms. The zero-order valence-corrected chi connectivity index (χ0v) is 13.9. The summed E-state index contributed by atoms with van der Waals surface area (Å²) < 4.78 is 1.71. The normalized spacial score (nSPS) is 10.8. The highest BCUT2D eigenvalue weighted by Crippen LogP contribution is 2.21. The molecule has 0 amide bonds. The predicted octanol–water partition coefficient (Wildman–Crippen LogP) is 3.92. The molecule has 3 aromatic heterocycles. The summed E-state index contributed by atoms with van der Waals surface area (Å²) in [7, 11) is 0. The molecule has 0 aliphatic heterocycles. The SMILES string of the molecule is CCCc1nc(N=N)cnc1Cc1ccnn1-c1ncccc1Cl. The second kappa shape index (κ2) is 7.27. The minimum atomic E-state index is 0.323. The molecular weight excluding hydrogens is 326 g/mol. The topological polar surface area (TPSA) is 92.7 Å². The highest BCUT2D eigenvalue weighted by atomic mass is 35.5. The van der Waals surface area contributed by atoms with Crippen LogP contribution in [-0.4, -0.2) is 24.7 Å². The number of halogens is 1. The van der Waals surface area contributed by atoms with E-state index in [1.54, 1.807) is 29.2 Å². The average molecular weight is 342 g/mol. The Labute approximate surface area is 144 Å². The lowest BCUT2D eigenvalue weighted by molar-refractivity contribution is 0.774. The molecule has 0 unspecified atom stereocenters. The fraction of sp³-hybridized carbons (Fsp3) is 0.250. The van der Waals surface area contributed by atoms with Gasteiger partial charge in [0.1, 0.15) is 0 Å². The molecule has 0 aliphatic carbocycles. The van der Waals surface area contributed by atoms with Crippen molar-refractivity contribution in [2.75, 3.05) is 0 Å². The Morgan fingerprint density at radius 2 is 2.08 bits per heavy atom. The van der Waals surface area contributed by atoms with Crippen LogP contribution in [0.25, 0.3) is 5.82 Å². The number of nitrogens with one attached hydrogen (secondary N) is 1. The van der Waals surface area contributed by atoms with Crippen LogP contribution in [0, 0.1) is 5.53 Å². The Hall–Kier alpha value is -2.67. The lowest BCUT2D eigenvalue weighted by Gasteiger charge is -2.10. The summed E-state index contributed by atoms with van der Waals surface area (Å²) in [6.45, 7) is 2.08. The van der Waals surface area contributed by atoms with E-state index in [1.807, 2.05) is 6.07 Å². The van der Waals surface area contributed by atoms with Gasteiger partial charge in [-0.3, -0.25) is 4.98 Å². The van der Waals surface area contributed by atoms with Gasteiger partial charge in [0.05, 0.1) is 28.3 Å². The lowest BCUT2D eigenvalue weighted by Crippen LogP contribution is -2.08. The van der Waals surface area contributed by atoms with Crippen LogP contribution < -0.4 is 0 Å². The van der Waals surface area contributed by atoms with Crippen molar-refractivity contribution in [2.45, 2.75) is 26.2 Å². The Morgan fingerprint density at radius 3 is 2.83 bits per heavy atom. The molecule has 3 aromatic rings. The van der Waals surface area contributed by atoms with Crippen molar-refractivity contribution in [3.8, 4) is 5.82 Å². The standard InChI is InChI=1S/C16H16ClN7/c1-2-4-13-14(20-10-15(22-13)23-18)9-11-6-8-21-24(11)16-12(17)5-3-7-19-16/h3,5-8,10,18H,2,4,9H2,1H3. The molecule has 24 heavy (non-hydrogen) atoms. The number of rotatable bonds is 6. The van der Waals surface area contributed by atoms with Gasteiger partial charge in [0.25, 0.3) is 0 Å². The summed E-state index contributed by atoms with van der Waals surface area (Å²) in [5.74, 6) is 0.908. The van der Waals surface area contributed by atoms with Crippen LogP contribution in [0.2, 0.25) is 5.02 Å². The van der Waals surface area contributed by atoms with Crippen LogP contribution in [0.3, 0.4) is 0 Å². The van der Waals surface area contributed by atoms with Crippen molar-refractivity contribution in [3.05, 3.63) is 58.9 Å². The van der Waals surface area contributed by atoms with Gasteiger partial charge in [-0.15, -0.1) is 5.11 Å². The number of pyridine rings is 1. The van der Waals surface area contributed by atoms with E-state index in [9.17, 15) is 0 Å². The third kappa shape index (κ3) is 3.30. The van der Waals surface area contributed by atoms with Gasteiger partial charge in [0.15, 0.2) is 11.6 Å². The lowest BCUT2D eigenvalue weighted by atomic mass is 10.1. The van der Waals surface area contributed by atoms with Gasteiger partial charge in [0, 0.05) is 18.8 Å². The molecule has 7 nitrogen and oxygen atoms in total. The van der Waals surface area contributed by atoms with E-state index in [0.29, 0.717) is 23.1 Å².